The molecule has 0 aliphatic carbocycles. The second kappa shape index (κ2) is 17.3. The first-order valence-corrected chi connectivity index (χ1v) is 8.90. The van der Waals surface area contributed by atoms with Crippen molar-refractivity contribution in [3.8, 4) is 0 Å². The average molecular weight is 466 g/mol. The molecule has 0 aliphatic rings. The van der Waals surface area contributed by atoms with Crippen LogP contribution < -0.4 is 0 Å². The van der Waals surface area contributed by atoms with Crippen molar-refractivity contribution in [1.82, 2.24) is 0 Å². The Morgan fingerprint density at radius 3 is 1.17 bits per heavy atom. The summed E-state index contributed by atoms with van der Waals surface area (Å²) in [5.41, 5.74) is 2.39. The van der Waals surface area contributed by atoms with Gasteiger partial charge in [0, 0.05) is 0 Å². The molecule has 2 rings (SSSR count). The van der Waals surface area contributed by atoms with Gasteiger partial charge in [0.2, 0.25) is 0 Å². The molecule has 18 heavy (non-hydrogen) atoms. The van der Waals surface area contributed by atoms with Crippen molar-refractivity contribution in [1.29, 1.82) is 0 Å². The zero-order valence-corrected chi connectivity index (χ0v) is 14.6. The van der Waals surface area contributed by atoms with Crippen LogP contribution in [0.1, 0.15) is 11.1 Å². The second-order valence-electron chi connectivity index (χ2n) is 3.09. The van der Waals surface area contributed by atoms with Crippen LogP contribution in [0, 0.1) is 26.0 Å². The molecule has 0 radical (unpaired) electrons. The van der Waals surface area contributed by atoms with E-state index in [0.29, 0.717) is 0 Å². The molecule has 0 saturated heterocycles. The van der Waals surface area contributed by atoms with Gasteiger partial charge in [-0.25, -0.2) is 0 Å². The third-order valence-electron chi connectivity index (χ3n) is 1.73. The van der Waals surface area contributed by atoms with Gasteiger partial charge in [-0.2, -0.15) is 71.8 Å². The zero-order valence-electron chi connectivity index (χ0n) is 10.0. The normalized spacial score (nSPS) is 7.56. The van der Waals surface area contributed by atoms with Crippen molar-refractivity contribution in [2.45, 2.75) is 13.8 Å². The Morgan fingerprint density at radius 2 is 1.06 bits per heavy atom. The van der Waals surface area contributed by atoms with Gasteiger partial charge >= 0.3 is 55.4 Å². The van der Waals surface area contributed by atoms with Crippen LogP contribution in [0.25, 0.3) is 0 Å². The number of rotatable bonds is 0. The summed E-state index contributed by atoms with van der Waals surface area (Å²) in [7, 11) is 8.98. The average Bonchev–Trinajstić information content (AvgIpc) is 2.46. The summed E-state index contributed by atoms with van der Waals surface area (Å²) in [6, 6.07) is 21.9. The summed E-state index contributed by atoms with van der Waals surface area (Å²) in [5.74, 6) is 0. The number of hydrogen-bond donors (Lipinski definition) is 0. The van der Waals surface area contributed by atoms with Crippen molar-refractivity contribution < 1.29 is 36.4 Å². The van der Waals surface area contributed by atoms with Gasteiger partial charge < -0.3 is 0 Å². The zero-order chi connectivity index (χ0) is 14.2. The predicted octanol–water partition coefficient (Wildman–Crippen LogP) is 4.96. The molecular weight excluding hydrogens is 452 g/mol. The van der Waals surface area contributed by atoms with E-state index < -0.39 is 0 Å². The molecule has 0 heterocycles. The molecule has 0 N–H and O–H groups in total. The van der Waals surface area contributed by atoms with Crippen LogP contribution in [0.15, 0.2) is 48.5 Å². The molecule has 0 bridgehead atoms. The first kappa shape index (κ1) is 20.7. The molecule has 0 atom stereocenters. The van der Waals surface area contributed by atoms with E-state index in [1.54, 1.807) is 0 Å². The van der Waals surface area contributed by atoms with Gasteiger partial charge in [0.15, 0.2) is 0 Å². The van der Waals surface area contributed by atoms with Gasteiger partial charge in [0.1, 0.15) is 0 Å². The summed E-state index contributed by atoms with van der Waals surface area (Å²) in [6.07, 6.45) is 0. The molecule has 0 aliphatic heterocycles. The first-order chi connectivity index (χ1) is 8.79. The molecule has 0 fully saturated rings. The van der Waals surface area contributed by atoms with Crippen LogP contribution in [-0.2, 0) is 36.4 Å². The van der Waals surface area contributed by atoms with Gasteiger partial charge in [-0.05, 0) is 0 Å². The fraction of sp³-hybridized carbons (Fsp3) is 0.143. The number of halogens is 2. The molecule has 2 aromatic carbocycles. The maximum atomic E-state index is 4.49. The molecule has 0 saturated carbocycles. The van der Waals surface area contributed by atoms with Gasteiger partial charge in [-0.3, -0.25) is 0 Å². The Balaban J connectivity index is 0. The number of aryl methyl sites for hydroxylation is 2. The van der Waals surface area contributed by atoms with E-state index >= 15 is 0 Å². The molecular formula is C14H14Cl2Pd2. The standard InChI is InChI=1S/2C7H7.2ClH.2Pd/c2*1-7-5-3-2-4-6-7;;;;/h2*2-5H,1H3;2*1H;;/q2*-1;;;2*+2/p-2. The Bertz CT molecular complexity index is 315. The summed E-state index contributed by atoms with van der Waals surface area (Å²) in [6.45, 7) is 4.06. The van der Waals surface area contributed by atoms with Gasteiger partial charge in [0.05, 0.1) is 0 Å². The Morgan fingerprint density at radius 1 is 0.722 bits per heavy atom. The fourth-order valence-electron chi connectivity index (χ4n) is 0.966. The maximum absolute atomic E-state index is 4.49. The molecule has 0 unspecified atom stereocenters. The molecule has 4 heteroatoms. The third-order valence-corrected chi connectivity index (χ3v) is 1.73. The van der Waals surface area contributed by atoms with Crippen molar-refractivity contribution >= 4 is 19.1 Å². The van der Waals surface area contributed by atoms with E-state index in [-0.39, 0.29) is 0 Å². The minimum atomic E-state index is 1.20. The molecule has 0 nitrogen and oxygen atoms in total. The van der Waals surface area contributed by atoms with Crippen molar-refractivity contribution in [2.24, 2.45) is 0 Å². The fourth-order valence-corrected chi connectivity index (χ4v) is 0.966. The van der Waals surface area contributed by atoms with Crippen LogP contribution in [0.3, 0.4) is 0 Å². The summed E-state index contributed by atoms with van der Waals surface area (Å²) < 4.78 is 0. The summed E-state index contributed by atoms with van der Waals surface area (Å²) in [4.78, 5) is 0. The molecule has 104 valence electrons. The molecule has 2 aromatic rings. The van der Waals surface area contributed by atoms with E-state index in [4.69, 9.17) is 0 Å². The van der Waals surface area contributed by atoms with E-state index in [1.165, 1.54) is 11.1 Å². The summed E-state index contributed by atoms with van der Waals surface area (Å²) >= 11 is 4.44. The minimum absolute atomic E-state index is 1.20. The molecule has 0 amide bonds. The van der Waals surface area contributed by atoms with Crippen LogP contribution in [0.4, 0.5) is 0 Å². The summed E-state index contributed by atoms with van der Waals surface area (Å²) in [5, 5.41) is 0. The quantitative estimate of drug-likeness (QED) is 0.381. The topological polar surface area (TPSA) is 0 Å². The van der Waals surface area contributed by atoms with E-state index in [2.05, 4.69) is 67.6 Å². The first-order valence-electron chi connectivity index (χ1n) is 4.89. The van der Waals surface area contributed by atoms with E-state index in [9.17, 15) is 0 Å². The SMILES string of the molecule is Cc1[c-]cccc1.Cc1[c-]cccc1.[Cl][Pd+].[Cl][Pd+]. The number of hydrogen-bond acceptors (Lipinski definition) is 0. The van der Waals surface area contributed by atoms with E-state index in [0.717, 1.165) is 0 Å². The van der Waals surface area contributed by atoms with Crippen LogP contribution in [0.5, 0.6) is 0 Å². The van der Waals surface area contributed by atoms with E-state index in [1.807, 2.05) is 62.4 Å². The monoisotopic (exact) mass is 464 g/mol. The van der Waals surface area contributed by atoms with Crippen LogP contribution in [-0.4, -0.2) is 0 Å². The Hall–Kier alpha value is 0.345. The predicted molar refractivity (Wildman–Crippen MR) is 71.7 cm³/mol. The van der Waals surface area contributed by atoms with Crippen LogP contribution in [0.2, 0.25) is 0 Å². The molecule has 0 aromatic heterocycles. The van der Waals surface area contributed by atoms with Gasteiger partial charge in [-0.1, -0.05) is 13.8 Å². The van der Waals surface area contributed by atoms with Gasteiger partial charge in [-0.15, -0.1) is 0 Å². The third kappa shape index (κ3) is 14.4. The number of benzene rings is 2. The Labute approximate surface area is 140 Å². The van der Waals surface area contributed by atoms with Crippen molar-refractivity contribution in [3.05, 3.63) is 71.8 Å². The van der Waals surface area contributed by atoms with Crippen molar-refractivity contribution in [3.63, 3.8) is 0 Å². The Kier molecular flexibility index (Phi) is 19.9. The van der Waals surface area contributed by atoms with Crippen molar-refractivity contribution in [2.75, 3.05) is 0 Å². The second-order valence-corrected chi connectivity index (χ2v) is 3.09. The molecule has 0 spiro atoms. The van der Waals surface area contributed by atoms with Crippen LogP contribution >= 0.6 is 19.1 Å². The van der Waals surface area contributed by atoms with Gasteiger partial charge in [0.25, 0.3) is 0 Å².